The first kappa shape index (κ1) is 14.7. The van der Waals surface area contributed by atoms with Crippen molar-refractivity contribution in [3.63, 3.8) is 0 Å². The first-order chi connectivity index (χ1) is 10.0. The van der Waals surface area contributed by atoms with Gasteiger partial charge in [-0.2, -0.15) is 4.98 Å². The van der Waals surface area contributed by atoms with E-state index in [1.54, 1.807) is 6.92 Å². The van der Waals surface area contributed by atoms with Crippen LogP contribution in [0, 0.1) is 10.1 Å². The number of amides is 1. The molecule has 0 bridgehead atoms. The lowest BCUT2D eigenvalue weighted by Gasteiger charge is -2.03. The van der Waals surface area contributed by atoms with Crippen molar-refractivity contribution >= 4 is 29.1 Å². The van der Waals surface area contributed by atoms with Crippen molar-refractivity contribution in [3.8, 4) is 6.01 Å². The molecule has 0 radical (unpaired) electrons. The highest BCUT2D eigenvalue weighted by atomic mass is 35.5. The molecule has 0 fully saturated rings. The van der Waals surface area contributed by atoms with Gasteiger partial charge in [-0.15, -0.1) is 5.10 Å². The first-order valence-electron chi connectivity index (χ1n) is 5.81. The smallest absolute Gasteiger partial charge is 0.337 e. The summed E-state index contributed by atoms with van der Waals surface area (Å²) in [6.07, 6.45) is 0. The summed E-state index contributed by atoms with van der Waals surface area (Å²) in [4.78, 5) is 26.1. The number of hydrogen-bond donors (Lipinski definition) is 2. The third-order valence-electron chi connectivity index (χ3n) is 2.37. The van der Waals surface area contributed by atoms with Gasteiger partial charge in [-0.25, -0.2) is 5.10 Å². The van der Waals surface area contributed by atoms with Crippen LogP contribution in [-0.4, -0.2) is 32.6 Å². The molecule has 0 spiro atoms. The molecule has 0 unspecified atom stereocenters. The molecule has 1 aromatic heterocycles. The Balaban J connectivity index is 2.21. The predicted molar refractivity (Wildman–Crippen MR) is 73.6 cm³/mol. The number of nitrogens with one attached hydrogen (secondary N) is 2. The van der Waals surface area contributed by atoms with Crippen LogP contribution in [0.2, 0.25) is 5.02 Å². The Morgan fingerprint density at radius 2 is 2.33 bits per heavy atom. The van der Waals surface area contributed by atoms with Gasteiger partial charge in [0, 0.05) is 11.1 Å². The van der Waals surface area contributed by atoms with Crippen LogP contribution in [0.25, 0.3) is 0 Å². The largest absolute Gasteiger partial charge is 0.463 e. The van der Waals surface area contributed by atoms with E-state index in [1.807, 2.05) is 0 Å². The standard InChI is InChI=1S/C11H10ClN5O4/c1-2-21-11-14-10(15-16-11)13-9(18)7-4-3-6(12)5-8(7)17(19)20/h3-5H,2H2,1H3,(H2,13,14,15,16,18). The van der Waals surface area contributed by atoms with Crippen LogP contribution in [0.15, 0.2) is 18.2 Å². The molecular formula is C11H10ClN5O4. The van der Waals surface area contributed by atoms with E-state index in [0.717, 1.165) is 6.07 Å². The normalized spacial score (nSPS) is 10.2. The Hall–Kier alpha value is -2.68. The fourth-order valence-corrected chi connectivity index (χ4v) is 1.69. The van der Waals surface area contributed by atoms with Crippen LogP contribution in [0.3, 0.4) is 0 Å². The van der Waals surface area contributed by atoms with Gasteiger partial charge in [0.25, 0.3) is 11.6 Å². The van der Waals surface area contributed by atoms with Crippen molar-refractivity contribution in [2.24, 2.45) is 0 Å². The van der Waals surface area contributed by atoms with E-state index >= 15 is 0 Å². The Bertz CT molecular complexity index is 687. The van der Waals surface area contributed by atoms with Crippen molar-refractivity contribution in [2.45, 2.75) is 6.92 Å². The molecule has 1 heterocycles. The summed E-state index contributed by atoms with van der Waals surface area (Å²) in [5, 5.41) is 19.6. The minimum atomic E-state index is -0.711. The maximum Gasteiger partial charge on any atom is 0.337 e. The fraction of sp³-hybridized carbons (Fsp3) is 0.182. The Kier molecular flexibility index (Phi) is 4.33. The number of rotatable bonds is 5. The molecule has 0 aliphatic rings. The molecule has 10 heteroatoms. The van der Waals surface area contributed by atoms with Crippen LogP contribution >= 0.6 is 11.6 Å². The van der Waals surface area contributed by atoms with Gasteiger partial charge in [0.15, 0.2) is 0 Å². The van der Waals surface area contributed by atoms with Gasteiger partial charge in [0.1, 0.15) is 5.56 Å². The number of ether oxygens (including phenoxy) is 1. The molecule has 110 valence electrons. The number of anilines is 1. The lowest BCUT2D eigenvalue weighted by Crippen LogP contribution is -2.15. The molecule has 2 rings (SSSR count). The third-order valence-corrected chi connectivity index (χ3v) is 2.61. The number of benzene rings is 1. The summed E-state index contributed by atoms with van der Waals surface area (Å²) in [5.74, 6) is -0.690. The van der Waals surface area contributed by atoms with Crippen LogP contribution in [0.4, 0.5) is 11.6 Å². The number of nitrogens with zero attached hydrogens (tertiary/aromatic N) is 3. The van der Waals surface area contributed by atoms with Gasteiger partial charge in [-0.05, 0) is 19.1 Å². The number of carbonyl (C=O) groups excluding carboxylic acids is 1. The van der Waals surface area contributed by atoms with Crippen LogP contribution in [-0.2, 0) is 0 Å². The molecule has 0 aliphatic heterocycles. The maximum atomic E-state index is 12.0. The average molecular weight is 312 g/mol. The zero-order valence-corrected chi connectivity index (χ0v) is 11.5. The molecule has 2 N–H and O–H groups in total. The van der Waals surface area contributed by atoms with Crippen molar-refractivity contribution < 1.29 is 14.5 Å². The molecule has 2 aromatic rings. The van der Waals surface area contributed by atoms with E-state index in [-0.39, 0.29) is 22.5 Å². The summed E-state index contributed by atoms with van der Waals surface area (Å²) < 4.78 is 5.02. The van der Waals surface area contributed by atoms with E-state index in [2.05, 4.69) is 20.5 Å². The van der Waals surface area contributed by atoms with Crippen LogP contribution in [0.1, 0.15) is 17.3 Å². The number of aromatic nitrogens is 3. The van der Waals surface area contributed by atoms with E-state index in [9.17, 15) is 14.9 Å². The summed E-state index contributed by atoms with van der Waals surface area (Å²) in [6, 6.07) is 3.81. The summed E-state index contributed by atoms with van der Waals surface area (Å²) in [5.41, 5.74) is -0.539. The highest BCUT2D eigenvalue weighted by Gasteiger charge is 2.21. The third kappa shape index (κ3) is 3.45. The fourth-order valence-electron chi connectivity index (χ4n) is 1.52. The van der Waals surface area contributed by atoms with Crippen molar-refractivity contribution in [2.75, 3.05) is 11.9 Å². The minimum absolute atomic E-state index is 0.0210. The second-order valence-electron chi connectivity index (χ2n) is 3.77. The van der Waals surface area contributed by atoms with Gasteiger partial charge in [-0.1, -0.05) is 11.6 Å². The molecule has 0 saturated heterocycles. The van der Waals surface area contributed by atoms with Crippen LogP contribution < -0.4 is 10.1 Å². The molecular weight excluding hydrogens is 302 g/mol. The quantitative estimate of drug-likeness (QED) is 0.643. The number of H-pyrrole nitrogens is 1. The number of nitro benzene ring substituents is 1. The average Bonchev–Trinajstić information content (AvgIpc) is 2.86. The Morgan fingerprint density at radius 3 is 3.00 bits per heavy atom. The topological polar surface area (TPSA) is 123 Å². The molecule has 0 aliphatic carbocycles. The number of nitro groups is 1. The molecule has 0 saturated carbocycles. The second kappa shape index (κ2) is 6.18. The van der Waals surface area contributed by atoms with Gasteiger partial charge >= 0.3 is 6.01 Å². The Labute approximate surface area is 123 Å². The minimum Gasteiger partial charge on any atom is -0.463 e. The zero-order valence-electron chi connectivity index (χ0n) is 10.8. The molecule has 1 amide bonds. The van der Waals surface area contributed by atoms with Crippen molar-refractivity contribution in [3.05, 3.63) is 38.9 Å². The van der Waals surface area contributed by atoms with E-state index < -0.39 is 16.5 Å². The van der Waals surface area contributed by atoms with E-state index in [0.29, 0.717) is 6.61 Å². The van der Waals surface area contributed by atoms with E-state index in [4.69, 9.17) is 16.3 Å². The van der Waals surface area contributed by atoms with Gasteiger partial charge in [0.05, 0.1) is 11.5 Å². The number of hydrogen-bond acceptors (Lipinski definition) is 6. The SMILES string of the molecule is CCOc1n[nH]c(NC(=O)c2ccc(Cl)cc2[N+](=O)[O-])n1. The zero-order chi connectivity index (χ0) is 15.4. The first-order valence-corrected chi connectivity index (χ1v) is 6.19. The lowest BCUT2D eigenvalue weighted by molar-refractivity contribution is -0.385. The summed E-state index contributed by atoms with van der Waals surface area (Å²) in [6.45, 7) is 2.12. The number of halogens is 1. The predicted octanol–water partition coefficient (Wildman–Crippen LogP) is 2.02. The monoisotopic (exact) mass is 311 g/mol. The number of aromatic amines is 1. The van der Waals surface area contributed by atoms with Gasteiger partial charge in [-0.3, -0.25) is 20.2 Å². The molecule has 9 nitrogen and oxygen atoms in total. The summed E-state index contributed by atoms with van der Waals surface area (Å²) >= 11 is 5.68. The van der Waals surface area contributed by atoms with E-state index in [1.165, 1.54) is 12.1 Å². The van der Waals surface area contributed by atoms with Crippen molar-refractivity contribution in [1.29, 1.82) is 0 Å². The number of carbonyl (C=O) groups is 1. The summed E-state index contributed by atoms with van der Waals surface area (Å²) in [7, 11) is 0. The second-order valence-corrected chi connectivity index (χ2v) is 4.21. The highest BCUT2D eigenvalue weighted by molar-refractivity contribution is 6.31. The maximum absolute atomic E-state index is 12.0. The van der Waals surface area contributed by atoms with Gasteiger partial charge < -0.3 is 4.74 Å². The lowest BCUT2D eigenvalue weighted by atomic mass is 10.1. The van der Waals surface area contributed by atoms with Gasteiger partial charge in [0.2, 0.25) is 5.95 Å². The molecule has 1 aromatic carbocycles. The van der Waals surface area contributed by atoms with Crippen molar-refractivity contribution in [1.82, 2.24) is 15.2 Å². The Morgan fingerprint density at radius 1 is 1.57 bits per heavy atom. The molecule has 21 heavy (non-hydrogen) atoms. The van der Waals surface area contributed by atoms with Crippen LogP contribution in [0.5, 0.6) is 6.01 Å². The molecule has 0 atom stereocenters. The highest BCUT2D eigenvalue weighted by Crippen LogP contribution is 2.23.